The Morgan fingerprint density at radius 1 is 1.12 bits per heavy atom. The molecule has 3 rings (SSSR count). The second-order valence-electron chi connectivity index (χ2n) is 7.92. The van der Waals surface area contributed by atoms with Crippen molar-refractivity contribution in [3.05, 3.63) is 75.3 Å². The maximum Gasteiger partial charge on any atom is 0.295 e. The van der Waals surface area contributed by atoms with E-state index in [0.717, 1.165) is 19.6 Å². The first-order chi connectivity index (χ1) is 16.3. The lowest BCUT2D eigenvalue weighted by Crippen LogP contribution is -2.33. The van der Waals surface area contributed by atoms with E-state index in [0.29, 0.717) is 24.3 Å². The van der Waals surface area contributed by atoms with Gasteiger partial charge in [0.25, 0.3) is 17.4 Å². The summed E-state index contributed by atoms with van der Waals surface area (Å²) < 4.78 is 5.33. The van der Waals surface area contributed by atoms with Crippen molar-refractivity contribution in [2.75, 3.05) is 33.3 Å². The van der Waals surface area contributed by atoms with E-state index in [1.165, 1.54) is 36.3 Å². The van der Waals surface area contributed by atoms with Gasteiger partial charge in [-0.1, -0.05) is 26.0 Å². The predicted octanol–water partition coefficient (Wildman–Crippen LogP) is 3.76. The van der Waals surface area contributed by atoms with Gasteiger partial charge in [-0.2, -0.15) is 0 Å². The summed E-state index contributed by atoms with van der Waals surface area (Å²) in [6.07, 6.45) is 0.632. The molecule has 1 saturated heterocycles. The minimum Gasteiger partial charge on any atom is -0.507 e. The summed E-state index contributed by atoms with van der Waals surface area (Å²) in [6.45, 7) is 6.89. The molecule has 0 saturated carbocycles. The lowest BCUT2D eigenvalue weighted by Gasteiger charge is -2.26. The number of carbonyl (C=O) groups is 2. The number of aliphatic hydroxyl groups is 1. The lowest BCUT2D eigenvalue weighted by atomic mass is 9.95. The summed E-state index contributed by atoms with van der Waals surface area (Å²) in [5.74, 6) is -1.49. The second-order valence-corrected chi connectivity index (χ2v) is 7.92. The summed E-state index contributed by atoms with van der Waals surface area (Å²) in [5, 5.41) is 22.3. The molecule has 1 aliphatic heterocycles. The number of hydrogen-bond acceptors (Lipinski definition) is 7. The summed E-state index contributed by atoms with van der Waals surface area (Å²) in [7, 11) is 1.45. The lowest BCUT2D eigenvalue weighted by molar-refractivity contribution is -0.384. The molecule has 180 valence electrons. The quantitative estimate of drug-likeness (QED) is 0.186. The molecule has 0 aromatic heterocycles. The Bertz CT molecular complexity index is 1090. The van der Waals surface area contributed by atoms with Gasteiger partial charge in [0.05, 0.1) is 29.2 Å². The van der Waals surface area contributed by atoms with Crippen LogP contribution in [0, 0.1) is 10.1 Å². The van der Waals surface area contributed by atoms with Gasteiger partial charge in [0.2, 0.25) is 0 Å². The average molecular weight is 468 g/mol. The standard InChI is InChI=1S/C25H29N3O6/c1-4-26(5-2)15-8-16-27-22(17-11-13-18(14-12-17)28(32)33)21(24(30)25(27)31)23(29)19-9-6-7-10-20(19)34-3/h6-7,9-14,22,29H,4-5,8,15-16H2,1-3H3/b23-21+. The number of benzene rings is 2. The number of para-hydroxylation sites is 1. The normalized spacial score (nSPS) is 17.4. The first-order valence-corrected chi connectivity index (χ1v) is 11.2. The van der Waals surface area contributed by atoms with Crippen LogP contribution < -0.4 is 4.74 Å². The highest BCUT2D eigenvalue weighted by Crippen LogP contribution is 2.41. The molecule has 9 nitrogen and oxygen atoms in total. The number of methoxy groups -OCH3 is 1. The van der Waals surface area contributed by atoms with Crippen molar-refractivity contribution in [1.82, 2.24) is 9.80 Å². The van der Waals surface area contributed by atoms with Gasteiger partial charge in [-0.05, 0) is 55.9 Å². The Hall–Kier alpha value is -3.72. The third-order valence-electron chi connectivity index (χ3n) is 6.09. The number of rotatable bonds is 10. The molecule has 1 fully saturated rings. The van der Waals surface area contributed by atoms with Crippen molar-refractivity contribution in [1.29, 1.82) is 0 Å². The van der Waals surface area contributed by atoms with E-state index in [9.17, 15) is 24.8 Å². The fourth-order valence-corrected chi connectivity index (χ4v) is 4.23. The third kappa shape index (κ3) is 4.94. The molecule has 1 unspecified atom stereocenters. The molecular weight excluding hydrogens is 438 g/mol. The molecule has 2 aromatic rings. The molecule has 1 aliphatic rings. The fourth-order valence-electron chi connectivity index (χ4n) is 4.23. The van der Waals surface area contributed by atoms with E-state index in [4.69, 9.17) is 4.74 Å². The fraction of sp³-hybridized carbons (Fsp3) is 0.360. The van der Waals surface area contributed by atoms with Gasteiger partial charge in [0.1, 0.15) is 11.5 Å². The van der Waals surface area contributed by atoms with E-state index >= 15 is 0 Å². The molecule has 0 bridgehead atoms. The number of nitro benzene ring substituents is 1. The van der Waals surface area contributed by atoms with Crippen LogP contribution >= 0.6 is 0 Å². The molecular formula is C25H29N3O6. The third-order valence-corrected chi connectivity index (χ3v) is 6.09. The molecule has 0 radical (unpaired) electrons. The van der Waals surface area contributed by atoms with Crippen molar-refractivity contribution in [2.24, 2.45) is 0 Å². The molecule has 2 aromatic carbocycles. The minimum absolute atomic E-state index is 0.0637. The van der Waals surface area contributed by atoms with Crippen molar-refractivity contribution in [3.63, 3.8) is 0 Å². The maximum atomic E-state index is 13.1. The molecule has 1 heterocycles. The van der Waals surface area contributed by atoms with Gasteiger partial charge in [0, 0.05) is 18.7 Å². The van der Waals surface area contributed by atoms with E-state index in [2.05, 4.69) is 18.7 Å². The smallest absolute Gasteiger partial charge is 0.295 e. The van der Waals surface area contributed by atoms with Crippen LogP contribution in [-0.4, -0.2) is 64.8 Å². The summed E-state index contributed by atoms with van der Waals surface area (Å²) in [6, 6.07) is 11.5. The molecule has 0 spiro atoms. The minimum atomic E-state index is -0.873. The van der Waals surface area contributed by atoms with Crippen LogP contribution in [0.4, 0.5) is 5.69 Å². The summed E-state index contributed by atoms with van der Waals surface area (Å²) >= 11 is 0. The van der Waals surface area contributed by atoms with Crippen LogP contribution in [0.5, 0.6) is 5.75 Å². The number of Topliss-reactive ketones (excluding diaryl/α,β-unsaturated/α-hetero) is 1. The molecule has 9 heteroatoms. The number of nitro groups is 1. The van der Waals surface area contributed by atoms with Gasteiger partial charge in [0.15, 0.2) is 0 Å². The Labute approximate surface area is 198 Å². The Morgan fingerprint density at radius 3 is 2.35 bits per heavy atom. The number of ether oxygens (including phenoxy) is 1. The Morgan fingerprint density at radius 2 is 1.76 bits per heavy atom. The van der Waals surface area contributed by atoms with Crippen LogP contribution in [0.3, 0.4) is 0 Å². The SMILES string of the molecule is CCN(CC)CCCN1C(=O)C(=O)/C(=C(/O)c2ccccc2OC)C1c1ccc([N+](=O)[O-])cc1. The zero-order chi connectivity index (χ0) is 24.8. The second kappa shape index (κ2) is 10.9. The molecule has 1 atom stereocenters. The van der Waals surface area contributed by atoms with E-state index < -0.39 is 22.7 Å². The van der Waals surface area contributed by atoms with Crippen LogP contribution in [-0.2, 0) is 9.59 Å². The van der Waals surface area contributed by atoms with Gasteiger partial charge >= 0.3 is 0 Å². The maximum absolute atomic E-state index is 13.1. The molecule has 1 N–H and O–H groups in total. The highest BCUT2D eigenvalue weighted by Gasteiger charge is 2.46. The van der Waals surface area contributed by atoms with Gasteiger partial charge in [-0.15, -0.1) is 0 Å². The number of hydrogen-bond donors (Lipinski definition) is 1. The van der Waals surface area contributed by atoms with Crippen LogP contribution in [0.25, 0.3) is 5.76 Å². The zero-order valence-corrected chi connectivity index (χ0v) is 19.6. The first kappa shape index (κ1) is 24.9. The highest BCUT2D eigenvalue weighted by atomic mass is 16.6. The predicted molar refractivity (Wildman–Crippen MR) is 128 cm³/mol. The molecule has 34 heavy (non-hydrogen) atoms. The number of carbonyl (C=O) groups excluding carboxylic acids is 2. The summed E-state index contributed by atoms with van der Waals surface area (Å²) in [4.78, 5) is 40.4. The largest absolute Gasteiger partial charge is 0.507 e. The number of nitrogens with zero attached hydrogens (tertiary/aromatic N) is 3. The van der Waals surface area contributed by atoms with Crippen molar-refractivity contribution in [2.45, 2.75) is 26.3 Å². The van der Waals surface area contributed by atoms with Crippen LogP contribution in [0.2, 0.25) is 0 Å². The van der Waals surface area contributed by atoms with Gasteiger partial charge in [-0.25, -0.2) is 0 Å². The topological polar surface area (TPSA) is 113 Å². The number of ketones is 1. The van der Waals surface area contributed by atoms with E-state index in [-0.39, 0.29) is 22.6 Å². The first-order valence-electron chi connectivity index (χ1n) is 11.2. The van der Waals surface area contributed by atoms with Crippen molar-refractivity contribution in [3.8, 4) is 5.75 Å². The van der Waals surface area contributed by atoms with E-state index in [1.54, 1.807) is 24.3 Å². The van der Waals surface area contributed by atoms with Crippen molar-refractivity contribution >= 4 is 23.1 Å². The Kier molecular flexibility index (Phi) is 8.01. The van der Waals surface area contributed by atoms with Gasteiger partial charge < -0.3 is 19.6 Å². The van der Waals surface area contributed by atoms with E-state index in [1.807, 2.05) is 0 Å². The summed E-state index contributed by atoms with van der Waals surface area (Å²) in [5.41, 5.74) is 0.625. The number of non-ortho nitro benzene ring substituents is 1. The van der Waals surface area contributed by atoms with Gasteiger partial charge in [-0.3, -0.25) is 19.7 Å². The molecule has 0 aliphatic carbocycles. The number of aliphatic hydroxyl groups excluding tert-OH is 1. The molecule has 1 amide bonds. The van der Waals surface area contributed by atoms with Crippen LogP contribution in [0.1, 0.15) is 37.4 Å². The highest BCUT2D eigenvalue weighted by molar-refractivity contribution is 6.46. The van der Waals surface area contributed by atoms with Crippen molar-refractivity contribution < 1.29 is 24.4 Å². The number of likely N-dealkylation sites (tertiary alicyclic amines) is 1. The zero-order valence-electron chi connectivity index (χ0n) is 19.6. The Balaban J connectivity index is 2.08. The van der Waals surface area contributed by atoms with Crippen LogP contribution in [0.15, 0.2) is 54.1 Å². The average Bonchev–Trinajstić information content (AvgIpc) is 3.11. The monoisotopic (exact) mass is 467 g/mol. The number of amides is 1.